The van der Waals surface area contributed by atoms with Crippen molar-refractivity contribution in [1.29, 1.82) is 0 Å². The Labute approximate surface area is 140 Å². The number of benzene rings is 1. The molecule has 0 N–H and O–H groups in total. The van der Waals surface area contributed by atoms with Crippen LogP contribution in [-0.4, -0.2) is 26.8 Å². The van der Waals surface area contributed by atoms with E-state index in [9.17, 15) is 8.78 Å². The molecule has 0 spiro atoms. The first kappa shape index (κ1) is 17.1. The highest BCUT2D eigenvalue weighted by atomic mass is 79.9. The molecule has 1 heterocycles. The van der Waals surface area contributed by atoms with E-state index in [-0.39, 0.29) is 0 Å². The number of rotatable bonds is 7. The predicted octanol–water partition coefficient (Wildman–Crippen LogP) is 4.75. The second-order valence-electron chi connectivity index (χ2n) is 4.42. The number of nitrogens with zero attached hydrogens (tertiary/aromatic N) is 4. The third-order valence-electron chi connectivity index (χ3n) is 2.78. The minimum atomic E-state index is -2.72. The van der Waals surface area contributed by atoms with E-state index in [0.717, 1.165) is 33.3 Å². The zero-order valence-corrected chi connectivity index (χ0v) is 14.3. The van der Waals surface area contributed by atoms with Crippen LogP contribution in [0, 0.1) is 0 Å². The highest BCUT2D eigenvalue weighted by molar-refractivity contribution is 9.10. The first-order chi connectivity index (χ1) is 10.6. The summed E-state index contributed by atoms with van der Waals surface area (Å²) in [4.78, 5) is 0. The fourth-order valence-corrected chi connectivity index (χ4v) is 2.98. The van der Waals surface area contributed by atoms with Crippen LogP contribution in [0.2, 0.25) is 0 Å². The van der Waals surface area contributed by atoms with Gasteiger partial charge in [0.25, 0.3) is 6.43 Å². The molecule has 0 atom stereocenters. The lowest BCUT2D eigenvalue weighted by Gasteiger charge is -2.04. The molecule has 0 aliphatic heterocycles. The monoisotopic (exact) mass is 388 g/mol. The number of aromatic nitrogens is 3. The summed E-state index contributed by atoms with van der Waals surface area (Å²) < 4.78 is 28.0. The first-order valence-corrected chi connectivity index (χ1v) is 8.56. The van der Waals surface area contributed by atoms with E-state index in [0.29, 0.717) is 5.16 Å². The summed E-state index contributed by atoms with van der Waals surface area (Å²) in [7, 11) is 0. The Balaban J connectivity index is 2.27. The van der Waals surface area contributed by atoms with Crippen LogP contribution in [0.5, 0.6) is 0 Å². The van der Waals surface area contributed by atoms with Gasteiger partial charge in [0.2, 0.25) is 11.0 Å². The number of halogens is 3. The first-order valence-electron chi connectivity index (χ1n) is 6.78. The van der Waals surface area contributed by atoms with Crippen molar-refractivity contribution in [3.05, 3.63) is 40.1 Å². The molecule has 0 amide bonds. The van der Waals surface area contributed by atoms with Crippen LogP contribution in [0.4, 0.5) is 8.78 Å². The van der Waals surface area contributed by atoms with Crippen molar-refractivity contribution in [3.63, 3.8) is 0 Å². The average molecular weight is 389 g/mol. The third-order valence-corrected chi connectivity index (χ3v) is 4.51. The van der Waals surface area contributed by atoms with Crippen molar-refractivity contribution in [2.75, 3.05) is 5.75 Å². The molecule has 8 heteroatoms. The Morgan fingerprint density at radius 2 is 2.14 bits per heavy atom. The number of thioether (sulfide) groups is 1. The number of alkyl halides is 2. The maximum Gasteiger partial charge on any atom is 0.299 e. The molecule has 0 saturated carbocycles. The highest BCUT2D eigenvalue weighted by Crippen LogP contribution is 2.24. The van der Waals surface area contributed by atoms with Gasteiger partial charge in [0.05, 0.1) is 6.21 Å². The van der Waals surface area contributed by atoms with Crippen molar-refractivity contribution in [1.82, 2.24) is 14.9 Å². The maximum atomic E-state index is 13.0. The van der Waals surface area contributed by atoms with Gasteiger partial charge in [0.1, 0.15) is 0 Å². The molecule has 0 saturated heterocycles. The van der Waals surface area contributed by atoms with E-state index in [2.05, 4.69) is 38.2 Å². The Bertz CT molecular complexity index is 646. The summed E-state index contributed by atoms with van der Waals surface area (Å²) in [6, 6.07) is 7.42. The molecule has 118 valence electrons. The average Bonchev–Trinajstić information content (AvgIpc) is 2.90. The Morgan fingerprint density at radius 1 is 1.36 bits per heavy atom. The lowest BCUT2D eigenvalue weighted by Crippen LogP contribution is -2.01. The minimum Gasteiger partial charge on any atom is -0.201 e. The lowest BCUT2D eigenvalue weighted by molar-refractivity contribution is 0.135. The zero-order valence-electron chi connectivity index (χ0n) is 11.9. The number of hydrogen-bond donors (Lipinski definition) is 0. The quantitative estimate of drug-likeness (QED) is 0.390. The van der Waals surface area contributed by atoms with Crippen LogP contribution in [0.3, 0.4) is 0 Å². The van der Waals surface area contributed by atoms with Crippen LogP contribution in [0.1, 0.15) is 37.6 Å². The van der Waals surface area contributed by atoms with E-state index in [4.69, 9.17) is 0 Å². The maximum absolute atomic E-state index is 13.0. The summed E-state index contributed by atoms with van der Waals surface area (Å²) in [5.41, 5.74) is 0.793. The van der Waals surface area contributed by atoms with E-state index < -0.39 is 12.2 Å². The van der Waals surface area contributed by atoms with E-state index in [1.807, 2.05) is 24.3 Å². The molecule has 0 radical (unpaired) electrons. The molecular weight excluding hydrogens is 374 g/mol. The van der Waals surface area contributed by atoms with Gasteiger partial charge in [-0.2, -0.15) is 9.78 Å². The lowest BCUT2D eigenvalue weighted by atomic mass is 10.2. The van der Waals surface area contributed by atoms with Crippen molar-refractivity contribution < 1.29 is 8.78 Å². The van der Waals surface area contributed by atoms with Crippen LogP contribution in [0.25, 0.3) is 0 Å². The van der Waals surface area contributed by atoms with Gasteiger partial charge in [-0.05, 0) is 12.5 Å². The number of unbranched alkanes of at least 4 members (excludes halogenated alkanes) is 1. The van der Waals surface area contributed by atoms with Crippen LogP contribution < -0.4 is 0 Å². The molecule has 0 unspecified atom stereocenters. The van der Waals surface area contributed by atoms with Gasteiger partial charge in [-0.1, -0.05) is 59.2 Å². The second-order valence-corrected chi connectivity index (χ2v) is 6.34. The van der Waals surface area contributed by atoms with Gasteiger partial charge in [-0.3, -0.25) is 0 Å². The van der Waals surface area contributed by atoms with E-state index >= 15 is 0 Å². The smallest absolute Gasteiger partial charge is 0.201 e. The Hall–Kier alpha value is -1.28. The molecule has 0 fully saturated rings. The molecule has 0 bridgehead atoms. The van der Waals surface area contributed by atoms with Crippen molar-refractivity contribution in [3.8, 4) is 0 Å². The Kier molecular flexibility index (Phi) is 6.50. The molecule has 0 aliphatic carbocycles. The number of hydrogen-bond acceptors (Lipinski definition) is 4. The SMILES string of the molecule is CCCCSc1nnc(C(F)F)n1/N=C/c1ccccc1Br. The Morgan fingerprint density at radius 3 is 2.82 bits per heavy atom. The van der Waals surface area contributed by atoms with Crippen molar-refractivity contribution >= 4 is 33.9 Å². The summed E-state index contributed by atoms with van der Waals surface area (Å²) in [5, 5.41) is 11.9. The summed E-state index contributed by atoms with van der Waals surface area (Å²) in [6.07, 6.45) is 0.811. The topological polar surface area (TPSA) is 43.1 Å². The largest absolute Gasteiger partial charge is 0.299 e. The molecule has 22 heavy (non-hydrogen) atoms. The van der Waals surface area contributed by atoms with Crippen molar-refractivity contribution in [2.24, 2.45) is 5.10 Å². The molecule has 0 aliphatic rings. The fourth-order valence-electron chi connectivity index (χ4n) is 1.62. The molecule has 1 aromatic heterocycles. The summed E-state index contributed by atoms with van der Waals surface area (Å²) in [6.45, 7) is 2.07. The molecule has 2 rings (SSSR count). The zero-order chi connectivity index (χ0) is 15.9. The van der Waals surface area contributed by atoms with Gasteiger partial charge in [0, 0.05) is 15.8 Å². The van der Waals surface area contributed by atoms with Gasteiger partial charge < -0.3 is 0 Å². The minimum absolute atomic E-state index is 0.382. The molecule has 4 nitrogen and oxygen atoms in total. The van der Waals surface area contributed by atoms with Crippen LogP contribution in [0.15, 0.2) is 39.0 Å². The van der Waals surface area contributed by atoms with Crippen LogP contribution in [-0.2, 0) is 0 Å². The van der Waals surface area contributed by atoms with Crippen molar-refractivity contribution in [2.45, 2.75) is 31.3 Å². The van der Waals surface area contributed by atoms with Gasteiger partial charge >= 0.3 is 0 Å². The summed E-state index contributed by atoms with van der Waals surface area (Å²) >= 11 is 4.77. The summed E-state index contributed by atoms with van der Waals surface area (Å²) in [5.74, 6) is 0.352. The fraction of sp³-hybridized carbons (Fsp3) is 0.357. The molecular formula is C14H15BrF2N4S. The standard InChI is InChI=1S/C14H15BrF2N4S/c1-2-3-8-22-14-20-19-13(12(16)17)21(14)18-9-10-6-4-5-7-11(10)15/h4-7,9,12H,2-3,8H2,1H3/b18-9+. The van der Waals surface area contributed by atoms with Gasteiger partial charge in [-0.25, -0.2) is 8.78 Å². The van der Waals surface area contributed by atoms with Crippen LogP contribution >= 0.6 is 27.7 Å². The van der Waals surface area contributed by atoms with E-state index in [1.165, 1.54) is 18.0 Å². The normalized spacial score (nSPS) is 11.7. The van der Waals surface area contributed by atoms with Gasteiger partial charge in [0.15, 0.2) is 0 Å². The van der Waals surface area contributed by atoms with E-state index in [1.54, 1.807) is 0 Å². The molecule has 2 aromatic rings. The third kappa shape index (κ3) is 4.36. The second kappa shape index (κ2) is 8.38. The molecule has 1 aromatic carbocycles. The van der Waals surface area contributed by atoms with Gasteiger partial charge in [-0.15, -0.1) is 10.2 Å². The predicted molar refractivity (Wildman–Crippen MR) is 87.7 cm³/mol. The highest BCUT2D eigenvalue weighted by Gasteiger charge is 2.20.